The van der Waals surface area contributed by atoms with Gasteiger partial charge in [0.05, 0.1) is 17.8 Å². The predicted octanol–water partition coefficient (Wildman–Crippen LogP) is 3.50. The highest BCUT2D eigenvalue weighted by Crippen LogP contribution is 2.25. The number of nitrogens with zero attached hydrogens (tertiary/aromatic N) is 2. The van der Waals surface area contributed by atoms with Gasteiger partial charge in [0, 0.05) is 5.56 Å². The van der Waals surface area contributed by atoms with Gasteiger partial charge in [0.15, 0.2) is 11.0 Å². The van der Waals surface area contributed by atoms with Crippen LogP contribution in [0.3, 0.4) is 0 Å². The number of nitrogens with one attached hydrogen (secondary N) is 1. The quantitative estimate of drug-likeness (QED) is 0.914. The summed E-state index contributed by atoms with van der Waals surface area (Å²) in [4.78, 5) is 0. The van der Waals surface area contributed by atoms with E-state index >= 15 is 0 Å². The monoisotopic (exact) mass is 257 g/mol. The first kappa shape index (κ1) is 11.3. The number of benzene rings is 1. The van der Waals surface area contributed by atoms with Crippen molar-refractivity contribution in [3.63, 3.8) is 0 Å². The van der Waals surface area contributed by atoms with E-state index in [4.69, 9.17) is 11.6 Å². The Bertz CT molecular complexity index is 488. The van der Waals surface area contributed by atoms with Crippen LogP contribution >= 0.6 is 23.3 Å². The molecule has 0 aliphatic rings. The van der Waals surface area contributed by atoms with Gasteiger partial charge < -0.3 is 5.32 Å². The van der Waals surface area contributed by atoms with Crippen LogP contribution in [-0.4, -0.2) is 8.75 Å². The van der Waals surface area contributed by atoms with Crippen LogP contribution in [0.5, 0.6) is 0 Å². The Labute approximate surface area is 102 Å². The van der Waals surface area contributed by atoms with E-state index in [2.05, 4.69) is 14.1 Å². The molecule has 0 fully saturated rings. The van der Waals surface area contributed by atoms with Crippen molar-refractivity contribution >= 4 is 29.1 Å². The molecule has 3 nitrogen and oxygen atoms in total. The van der Waals surface area contributed by atoms with Gasteiger partial charge in [0.2, 0.25) is 0 Å². The third-order valence-corrected chi connectivity index (χ3v) is 3.07. The second-order valence-electron chi connectivity index (χ2n) is 3.29. The van der Waals surface area contributed by atoms with Crippen LogP contribution in [0.1, 0.15) is 18.5 Å². The molecule has 1 N–H and O–H groups in total. The minimum absolute atomic E-state index is 0.206. The molecule has 0 radical (unpaired) electrons. The lowest BCUT2D eigenvalue weighted by Crippen LogP contribution is -2.08. The van der Waals surface area contributed by atoms with Gasteiger partial charge in [-0.1, -0.05) is 29.8 Å². The van der Waals surface area contributed by atoms with Gasteiger partial charge >= 0.3 is 0 Å². The van der Waals surface area contributed by atoms with Crippen molar-refractivity contribution in [2.24, 2.45) is 0 Å². The molecule has 0 aliphatic heterocycles. The predicted molar refractivity (Wildman–Crippen MR) is 63.4 cm³/mol. The lowest BCUT2D eigenvalue weighted by Gasteiger charge is -2.14. The van der Waals surface area contributed by atoms with E-state index in [1.54, 1.807) is 18.2 Å². The second kappa shape index (κ2) is 4.76. The molecule has 2 rings (SSSR count). The van der Waals surface area contributed by atoms with Gasteiger partial charge in [-0.15, -0.1) is 0 Å². The molecular formula is C10H9ClFN3S. The highest BCUT2D eigenvalue weighted by Gasteiger charge is 2.13. The Kier molecular flexibility index (Phi) is 3.36. The smallest absolute Gasteiger partial charge is 0.186 e. The molecule has 1 aromatic heterocycles. The molecule has 0 amide bonds. The summed E-state index contributed by atoms with van der Waals surface area (Å²) in [6, 6.07) is 6.39. The molecule has 1 heterocycles. The molecule has 0 saturated heterocycles. The first-order valence-electron chi connectivity index (χ1n) is 4.67. The van der Waals surface area contributed by atoms with Gasteiger partial charge in [-0.25, -0.2) is 4.39 Å². The minimum Gasteiger partial charge on any atom is -0.360 e. The fraction of sp³-hybridized carbons (Fsp3) is 0.200. The van der Waals surface area contributed by atoms with E-state index < -0.39 is 0 Å². The molecule has 84 valence electrons. The van der Waals surface area contributed by atoms with Crippen LogP contribution < -0.4 is 5.32 Å². The van der Waals surface area contributed by atoms with Gasteiger partial charge in [0.25, 0.3) is 0 Å². The van der Waals surface area contributed by atoms with Crippen molar-refractivity contribution < 1.29 is 4.39 Å². The lowest BCUT2D eigenvalue weighted by atomic mass is 10.1. The van der Waals surface area contributed by atoms with E-state index in [0.717, 1.165) is 11.7 Å². The highest BCUT2D eigenvalue weighted by atomic mass is 35.5. The molecule has 0 bridgehead atoms. The summed E-state index contributed by atoms with van der Waals surface area (Å²) in [5, 5.41) is 3.33. The molecule has 1 aromatic carbocycles. The minimum atomic E-state index is -0.248. The normalized spacial score (nSPS) is 12.4. The molecule has 0 aliphatic carbocycles. The van der Waals surface area contributed by atoms with Crippen LogP contribution in [0, 0.1) is 5.82 Å². The standard InChI is InChI=1S/C10H9ClFN3S/c1-6(7-4-2-3-5-8(7)12)13-10-9(11)14-16-15-10/h2-6H,1H3,(H,13,15). The number of aromatic nitrogens is 2. The maximum Gasteiger partial charge on any atom is 0.186 e. The lowest BCUT2D eigenvalue weighted by molar-refractivity contribution is 0.600. The van der Waals surface area contributed by atoms with Crippen molar-refractivity contribution in [3.05, 3.63) is 40.8 Å². The first-order chi connectivity index (χ1) is 7.68. The maximum absolute atomic E-state index is 13.5. The molecule has 1 unspecified atom stereocenters. The molecule has 2 aromatic rings. The summed E-state index contributed by atoms with van der Waals surface area (Å²) in [6.45, 7) is 1.84. The van der Waals surface area contributed by atoms with Crippen molar-refractivity contribution in [1.29, 1.82) is 0 Å². The van der Waals surface area contributed by atoms with Crippen LogP contribution in [-0.2, 0) is 0 Å². The first-order valence-corrected chi connectivity index (χ1v) is 5.78. The van der Waals surface area contributed by atoms with E-state index in [0.29, 0.717) is 16.5 Å². The van der Waals surface area contributed by atoms with Crippen molar-refractivity contribution in [2.45, 2.75) is 13.0 Å². The van der Waals surface area contributed by atoms with Crippen molar-refractivity contribution in [2.75, 3.05) is 5.32 Å². The van der Waals surface area contributed by atoms with Gasteiger partial charge in [-0.05, 0) is 13.0 Å². The van der Waals surface area contributed by atoms with E-state index in [1.807, 2.05) is 6.92 Å². The van der Waals surface area contributed by atoms with Crippen LogP contribution in [0.2, 0.25) is 5.15 Å². The van der Waals surface area contributed by atoms with E-state index in [1.165, 1.54) is 6.07 Å². The Hall–Kier alpha value is -1.20. The fourth-order valence-corrected chi connectivity index (χ4v) is 2.03. The number of rotatable bonds is 3. The largest absolute Gasteiger partial charge is 0.360 e. The second-order valence-corrected chi connectivity index (χ2v) is 4.18. The highest BCUT2D eigenvalue weighted by molar-refractivity contribution is 6.99. The topological polar surface area (TPSA) is 37.8 Å². The van der Waals surface area contributed by atoms with Crippen molar-refractivity contribution in [1.82, 2.24) is 8.75 Å². The molecule has 1 atom stereocenters. The van der Waals surface area contributed by atoms with E-state index in [-0.39, 0.29) is 11.9 Å². The molecular weight excluding hydrogens is 249 g/mol. The number of halogens is 2. The maximum atomic E-state index is 13.5. The van der Waals surface area contributed by atoms with Crippen molar-refractivity contribution in [3.8, 4) is 0 Å². The molecule has 6 heteroatoms. The van der Waals surface area contributed by atoms with Crippen LogP contribution in [0.15, 0.2) is 24.3 Å². The summed E-state index contributed by atoms with van der Waals surface area (Å²) in [6.07, 6.45) is 0. The van der Waals surface area contributed by atoms with Gasteiger partial charge in [0.1, 0.15) is 5.82 Å². The van der Waals surface area contributed by atoms with Gasteiger partial charge in [-0.2, -0.15) is 8.75 Å². The molecule has 0 spiro atoms. The number of hydrogen-bond acceptors (Lipinski definition) is 4. The van der Waals surface area contributed by atoms with Crippen LogP contribution in [0.4, 0.5) is 10.2 Å². The Balaban J connectivity index is 2.18. The summed E-state index contributed by atoms with van der Waals surface area (Å²) in [7, 11) is 0. The summed E-state index contributed by atoms with van der Waals surface area (Å²) in [5.74, 6) is 0.240. The third-order valence-electron chi connectivity index (χ3n) is 2.17. The number of anilines is 1. The Morgan fingerprint density at radius 3 is 2.75 bits per heavy atom. The third kappa shape index (κ3) is 2.31. The average molecular weight is 258 g/mol. The Morgan fingerprint density at radius 1 is 1.38 bits per heavy atom. The fourth-order valence-electron chi connectivity index (χ4n) is 1.37. The molecule has 16 heavy (non-hydrogen) atoms. The van der Waals surface area contributed by atoms with Crippen LogP contribution in [0.25, 0.3) is 0 Å². The zero-order valence-corrected chi connectivity index (χ0v) is 10.0. The summed E-state index contributed by atoms with van der Waals surface area (Å²) < 4.78 is 21.3. The van der Waals surface area contributed by atoms with E-state index in [9.17, 15) is 4.39 Å². The molecule has 0 saturated carbocycles. The van der Waals surface area contributed by atoms with Gasteiger partial charge in [-0.3, -0.25) is 0 Å². The Morgan fingerprint density at radius 2 is 2.12 bits per heavy atom. The number of hydrogen-bond donors (Lipinski definition) is 1. The zero-order valence-electron chi connectivity index (χ0n) is 8.45. The zero-order chi connectivity index (χ0) is 11.5. The summed E-state index contributed by atoms with van der Waals surface area (Å²) >= 11 is 6.81. The SMILES string of the molecule is CC(Nc1nsnc1Cl)c1ccccc1F. The summed E-state index contributed by atoms with van der Waals surface area (Å²) in [5.41, 5.74) is 0.576. The average Bonchev–Trinajstić information content (AvgIpc) is 2.65.